The molecule has 3 rings (SSSR count). The molecule has 126 valence electrons. The SMILES string of the molecule is O=C(O)c1ccc(CN2CCN(C(=O)C3COCCO3)CC2)s1. The minimum atomic E-state index is -0.883. The highest BCUT2D eigenvalue weighted by atomic mass is 32.1. The second-order valence-corrected chi connectivity index (χ2v) is 6.78. The summed E-state index contributed by atoms with van der Waals surface area (Å²) in [5.74, 6) is -0.875. The monoisotopic (exact) mass is 340 g/mol. The van der Waals surface area contributed by atoms with Crippen molar-refractivity contribution in [2.45, 2.75) is 12.6 Å². The van der Waals surface area contributed by atoms with E-state index in [9.17, 15) is 9.59 Å². The minimum Gasteiger partial charge on any atom is -0.477 e. The molecule has 1 unspecified atom stereocenters. The molecule has 8 heteroatoms. The fourth-order valence-corrected chi connectivity index (χ4v) is 3.65. The Labute approximate surface area is 138 Å². The van der Waals surface area contributed by atoms with Crippen LogP contribution in [0.3, 0.4) is 0 Å². The highest BCUT2D eigenvalue weighted by Crippen LogP contribution is 2.19. The molecule has 0 radical (unpaired) electrons. The van der Waals surface area contributed by atoms with Gasteiger partial charge in [-0.25, -0.2) is 4.79 Å². The molecule has 0 bridgehead atoms. The van der Waals surface area contributed by atoms with Gasteiger partial charge in [-0.3, -0.25) is 9.69 Å². The molecule has 23 heavy (non-hydrogen) atoms. The number of carboxylic acids is 1. The van der Waals surface area contributed by atoms with E-state index >= 15 is 0 Å². The number of carboxylic acid groups (broad SMARTS) is 1. The molecule has 2 aliphatic rings. The molecular weight excluding hydrogens is 320 g/mol. The van der Waals surface area contributed by atoms with E-state index in [-0.39, 0.29) is 5.91 Å². The van der Waals surface area contributed by atoms with Gasteiger partial charge in [0.1, 0.15) is 4.88 Å². The number of hydrogen-bond acceptors (Lipinski definition) is 6. The molecule has 2 aliphatic heterocycles. The van der Waals surface area contributed by atoms with Crippen LogP contribution in [0, 0.1) is 0 Å². The van der Waals surface area contributed by atoms with Crippen LogP contribution < -0.4 is 0 Å². The molecule has 0 aromatic carbocycles. The first-order chi connectivity index (χ1) is 11.1. The van der Waals surface area contributed by atoms with Gasteiger partial charge in [0, 0.05) is 37.6 Å². The van der Waals surface area contributed by atoms with Gasteiger partial charge in [-0.1, -0.05) is 0 Å². The van der Waals surface area contributed by atoms with Crippen LogP contribution in [0.2, 0.25) is 0 Å². The van der Waals surface area contributed by atoms with Crippen LogP contribution >= 0.6 is 11.3 Å². The topological polar surface area (TPSA) is 79.3 Å². The summed E-state index contributed by atoms with van der Waals surface area (Å²) in [6.07, 6.45) is -0.467. The summed E-state index contributed by atoms with van der Waals surface area (Å²) in [5.41, 5.74) is 0. The van der Waals surface area contributed by atoms with Crippen molar-refractivity contribution in [1.82, 2.24) is 9.80 Å². The lowest BCUT2D eigenvalue weighted by Crippen LogP contribution is -2.53. The minimum absolute atomic E-state index is 0.00800. The van der Waals surface area contributed by atoms with Crippen molar-refractivity contribution in [2.24, 2.45) is 0 Å². The van der Waals surface area contributed by atoms with Crippen molar-refractivity contribution < 1.29 is 24.2 Å². The highest BCUT2D eigenvalue weighted by molar-refractivity contribution is 7.13. The van der Waals surface area contributed by atoms with Gasteiger partial charge in [0.25, 0.3) is 5.91 Å². The van der Waals surface area contributed by atoms with Crippen molar-refractivity contribution in [3.8, 4) is 0 Å². The number of piperazine rings is 1. The van der Waals surface area contributed by atoms with Crippen molar-refractivity contribution in [2.75, 3.05) is 46.0 Å². The van der Waals surface area contributed by atoms with E-state index in [2.05, 4.69) is 4.90 Å². The maximum atomic E-state index is 12.3. The molecular formula is C15H20N2O5S. The van der Waals surface area contributed by atoms with Gasteiger partial charge in [-0.15, -0.1) is 11.3 Å². The Kier molecular flexibility index (Phi) is 5.27. The largest absolute Gasteiger partial charge is 0.477 e. The lowest BCUT2D eigenvalue weighted by atomic mass is 10.2. The van der Waals surface area contributed by atoms with Crippen LogP contribution in [0.4, 0.5) is 0 Å². The predicted molar refractivity (Wildman–Crippen MR) is 83.7 cm³/mol. The van der Waals surface area contributed by atoms with Gasteiger partial charge in [0.2, 0.25) is 0 Å². The summed E-state index contributed by atoms with van der Waals surface area (Å²) < 4.78 is 10.7. The zero-order valence-corrected chi connectivity index (χ0v) is 13.6. The highest BCUT2D eigenvalue weighted by Gasteiger charge is 2.29. The summed E-state index contributed by atoms with van der Waals surface area (Å²) in [5, 5.41) is 8.95. The molecule has 1 aromatic heterocycles. The molecule has 1 N–H and O–H groups in total. The first kappa shape index (κ1) is 16.4. The van der Waals surface area contributed by atoms with Crippen LogP contribution in [0.1, 0.15) is 14.5 Å². The number of nitrogens with zero attached hydrogens (tertiary/aromatic N) is 2. The van der Waals surface area contributed by atoms with E-state index in [1.807, 2.05) is 11.0 Å². The van der Waals surface area contributed by atoms with Crippen LogP contribution in [-0.2, 0) is 20.8 Å². The summed E-state index contributed by atoms with van der Waals surface area (Å²) in [6.45, 7) is 4.97. The van der Waals surface area contributed by atoms with E-state index in [0.717, 1.165) is 24.5 Å². The quantitative estimate of drug-likeness (QED) is 0.860. The van der Waals surface area contributed by atoms with Crippen molar-refractivity contribution in [1.29, 1.82) is 0 Å². The van der Waals surface area contributed by atoms with Gasteiger partial charge < -0.3 is 19.5 Å². The van der Waals surface area contributed by atoms with Crippen LogP contribution in [-0.4, -0.2) is 78.9 Å². The van der Waals surface area contributed by atoms with Gasteiger partial charge in [-0.05, 0) is 12.1 Å². The second-order valence-electron chi connectivity index (χ2n) is 5.61. The number of carbonyl (C=O) groups excluding carboxylic acids is 1. The first-order valence-corrected chi connectivity index (χ1v) is 8.47. The zero-order valence-electron chi connectivity index (χ0n) is 12.8. The summed E-state index contributed by atoms with van der Waals surface area (Å²) >= 11 is 1.31. The Bertz CT molecular complexity index is 562. The third-order valence-electron chi connectivity index (χ3n) is 4.03. The second kappa shape index (κ2) is 7.39. The molecule has 1 aromatic rings. The van der Waals surface area contributed by atoms with Crippen molar-refractivity contribution in [3.05, 3.63) is 21.9 Å². The molecule has 2 fully saturated rings. The normalized spacial score (nSPS) is 23.0. The van der Waals surface area contributed by atoms with Crippen LogP contribution in [0.25, 0.3) is 0 Å². The van der Waals surface area contributed by atoms with Gasteiger partial charge in [0.15, 0.2) is 6.10 Å². The number of ether oxygens (including phenoxy) is 2. The van der Waals surface area contributed by atoms with Gasteiger partial charge in [0.05, 0.1) is 19.8 Å². The average molecular weight is 340 g/mol. The zero-order chi connectivity index (χ0) is 16.2. The fourth-order valence-electron chi connectivity index (χ4n) is 2.76. The smallest absolute Gasteiger partial charge is 0.345 e. The Morgan fingerprint density at radius 1 is 1.22 bits per heavy atom. The Balaban J connectivity index is 1.47. The maximum Gasteiger partial charge on any atom is 0.345 e. The molecule has 1 amide bonds. The molecule has 7 nitrogen and oxygen atoms in total. The fraction of sp³-hybridized carbons (Fsp3) is 0.600. The van der Waals surface area contributed by atoms with E-state index < -0.39 is 12.1 Å². The summed E-state index contributed by atoms with van der Waals surface area (Å²) in [6, 6.07) is 3.50. The van der Waals surface area contributed by atoms with E-state index in [4.69, 9.17) is 14.6 Å². The van der Waals surface area contributed by atoms with E-state index in [1.165, 1.54) is 11.3 Å². The van der Waals surface area contributed by atoms with Gasteiger partial charge >= 0.3 is 5.97 Å². The molecule has 3 heterocycles. The lowest BCUT2D eigenvalue weighted by molar-refractivity contribution is -0.159. The number of thiophene rings is 1. The van der Waals surface area contributed by atoms with Crippen molar-refractivity contribution >= 4 is 23.2 Å². The Morgan fingerprint density at radius 3 is 2.61 bits per heavy atom. The first-order valence-electron chi connectivity index (χ1n) is 7.66. The third-order valence-corrected chi connectivity index (χ3v) is 5.09. The number of aromatic carboxylic acids is 1. The molecule has 0 aliphatic carbocycles. The molecule has 0 saturated carbocycles. The van der Waals surface area contributed by atoms with E-state index in [1.54, 1.807) is 6.07 Å². The Hall–Kier alpha value is -1.48. The number of amides is 1. The predicted octanol–water partition coefficient (Wildman–Crippen LogP) is 0.506. The van der Waals surface area contributed by atoms with Crippen molar-refractivity contribution in [3.63, 3.8) is 0 Å². The van der Waals surface area contributed by atoms with Gasteiger partial charge in [-0.2, -0.15) is 0 Å². The summed E-state index contributed by atoms with van der Waals surface area (Å²) in [7, 11) is 0. The maximum absolute atomic E-state index is 12.3. The standard InChI is InChI=1S/C15H20N2O5S/c18-14(12-10-21-7-8-22-12)17-5-3-16(4-6-17)9-11-1-2-13(23-11)15(19)20/h1-2,12H,3-10H2,(H,19,20). The van der Waals surface area contributed by atoms with Crippen LogP contribution in [0.5, 0.6) is 0 Å². The molecule has 2 saturated heterocycles. The third kappa shape index (κ3) is 4.08. The summed E-state index contributed by atoms with van der Waals surface area (Å²) in [4.78, 5) is 28.7. The number of hydrogen-bond donors (Lipinski definition) is 1. The Morgan fingerprint density at radius 2 is 2.00 bits per heavy atom. The average Bonchev–Trinajstić information content (AvgIpc) is 3.04. The number of carbonyl (C=O) groups is 2. The molecule has 0 spiro atoms. The lowest BCUT2D eigenvalue weighted by Gasteiger charge is -2.36. The van der Waals surface area contributed by atoms with Crippen LogP contribution in [0.15, 0.2) is 12.1 Å². The van der Waals surface area contributed by atoms with E-state index in [0.29, 0.717) is 37.8 Å². The number of rotatable bonds is 4. The molecule has 1 atom stereocenters.